The molecule has 1 aliphatic heterocycles. The first kappa shape index (κ1) is 18.6. The number of nitrogens with zero attached hydrogens (tertiary/aromatic N) is 2. The van der Waals surface area contributed by atoms with Crippen LogP contribution in [-0.2, 0) is 6.54 Å². The summed E-state index contributed by atoms with van der Waals surface area (Å²) in [6, 6.07) is 18.7. The van der Waals surface area contributed by atoms with Crippen LogP contribution in [0.4, 0.5) is 4.39 Å². The van der Waals surface area contributed by atoms with Crippen LogP contribution in [0.1, 0.15) is 17.2 Å². The number of halogens is 2. The van der Waals surface area contributed by atoms with E-state index in [-0.39, 0.29) is 24.3 Å². The highest BCUT2D eigenvalue weighted by atomic mass is 35.5. The lowest BCUT2D eigenvalue weighted by molar-refractivity contribution is 0.270. The SMILES string of the molecule is Cl.N[C@@H]1CN(Cc2cc(-c3ccc(F)cc3)no2)C[C@H]1c1ccccc1. The Morgan fingerprint density at radius 2 is 1.81 bits per heavy atom. The molecule has 1 saturated heterocycles. The van der Waals surface area contributed by atoms with E-state index in [0.717, 1.165) is 30.1 Å². The molecular formula is C20H21ClFN3O. The average Bonchev–Trinajstić information content (AvgIpc) is 3.23. The Balaban J connectivity index is 0.00000196. The summed E-state index contributed by atoms with van der Waals surface area (Å²) in [7, 11) is 0. The van der Waals surface area contributed by atoms with Gasteiger partial charge in [0, 0.05) is 36.7 Å². The van der Waals surface area contributed by atoms with E-state index in [1.165, 1.54) is 17.7 Å². The molecule has 3 aromatic rings. The summed E-state index contributed by atoms with van der Waals surface area (Å²) in [6.45, 7) is 2.40. The number of rotatable bonds is 4. The van der Waals surface area contributed by atoms with E-state index in [9.17, 15) is 4.39 Å². The van der Waals surface area contributed by atoms with Gasteiger partial charge in [-0.15, -0.1) is 12.4 Å². The number of benzene rings is 2. The molecule has 2 atom stereocenters. The third kappa shape index (κ3) is 3.96. The van der Waals surface area contributed by atoms with Gasteiger partial charge in [-0.05, 0) is 29.8 Å². The van der Waals surface area contributed by atoms with Crippen LogP contribution in [0.5, 0.6) is 0 Å². The lowest BCUT2D eigenvalue weighted by Crippen LogP contribution is -2.28. The van der Waals surface area contributed by atoms with Crippen molar-refractivity contribution in [2.75, 3.05) is 13.1 Å². The van der Waals surface area contributed by atoms with E-state index < -0.39 is 0 Å². The minimum absolute atomic E-state index is 0. The van der Waals surface area contributed by atoms with E-state index in [4.69, 9.17) is 10.3 Å². The second kappa shape index (κ2) is 7.99. The summed E-state index contributed by atoms with van der Waals surface area (Å²) < 4.78 is 18.5. The fraction of sp³-hybridized carbons (Fsp3) is 0.250. The average molecular weight is 374 g/mol. The predicted octanol–water partition coefficient (Wildman–Crippen LogP) is 3.83. The Morgan fingerprint density at radius 1 is 1.08 bits per heavy atom. The van der Waals surface area contributed by atoms with Crippen LogP contribution in [0.2, 0.25) is 0 Å². The lowest BCUT2D eigenvalue weighted by Gasteiger charge is -2.14. The standard InChI is InChI=1S/C20H20FN3O.ClH/c21-16-8-6-15(7-9-16)20-10-17(25-23-20)11-24-12-18(19(22)13-24)14-4-2-1-3-5-14;/h1-10,18-19H,11-13,22H2;1H/t18-,19+;/m0./s1. The van der Waals surface area contributed by atoms with Crippen molar-refractivity contribution in [2.24, 2.45) is 5.73 Å². The molecule has 136 valence electrons. The minimum Gasteiger partial charge on any atom is -0.359 e. The molecule has 1 fully saturated rings. The van der Waals surface area contributed by atoms with Gasteiger partial charge in [-0.3, -0.25) is 4.90 Å². The summed E-state index contributed by atoms with van der Waals surface area (Å²) in [5.41, 5.74) is 9.19. The van der Waals surface area contributed by atoms with Gasteiger partial charge in [-0.1, -0.05) is 35.5 Å². The predicted molar refractivity (Wildman–Crippen MR) is 102 cm³/mol. The Labute approximate surface area is 158 Å². The molecule has 0 radical (unpaired) electrons. The number of hydrogen-bond donors (Lipinski definition) is 1. The number of likely N-dealkylation sites (tertiary alicyclic amines) is 1. The molecular weight excluding hydrogens is 353 g/mol. The van der Waals surface area contributed by atoms with Crippen LogP contribution in [0.3, 0.4) is 0 Å². The van der Waals surface area contributed by atoms with E-state index in [1.807, 2.05) is 12.1 Å². The number of hydrogen-bond acceptors (Lipinski definition) is 4. The third-order valence-corrected chi connectivity index (χ3v) is 4.75. The van der Waals surface area contributed by atoms with Crippen molar-refractivity contribution in [3.8, 4) is 11.3 Å². The molecule has 2 heterocycles. The maximum Gasteiger partial charge on any atom is 0.151 e. The molecule has 26 heavy (non-hydrogen) atoms. The molecule has 0 bridgehead atoms. The van der Waals surface area contributed by atoms with Crippen LogP contribution >= 0.6 is 12.4 Å². The fourth-order valence-electron chi connectivity index (χ4n) is 3.46. The van der Waals surface area contributed by atoms with Crippen molar-refractivity contribution in [2.45, 2.75) is 18.5 Å². The van der Waals surface area contributed by atoms with Crippen LogP contribution < -0.4 is 5.73 Å². The highest BCUT2D eigenvalue weighted by molar-refractivity contribution is 5.85. The molecule has 0 spiro atoms. The first-order valence-electron chi connectivity index (χ1n) is 8.43. The Kier molecular flexibility index (Phi) is 5.71. The van der Waals surface area contributed by atoms with Crippen molar-refractivity contribution < 1.29 is 8.91 Å². The van der Waals surface area contributed by atoms with Gasteiger partial charge in [0.05, 0.1) is 6.54 Å². The van der Waals surface area contributed by atoms with Gasteiger partial charge in [-0.25, -0.2) is 4.39 Å². The molecule has 4 rings (SSSR count). The van der Waals surface area contributed by atoms with Gasteiger partial charge < -0.3 is 10.3 Å². The topological polar surface area (TPSA) is 55.3 Å². The maximum absolute atomic E-state index is 13.0. The Hall–Kier alpha value is -2.21. The highest BCUT2D eigenvalue weighted by Crippen LogP contribution is 2.28. The smallest absolute Gasteiger partial charge is 0.151 e. The zero-order valence-electron chi connectivity index (χ0n) is 14.2. The highest BCUT2D eigenvalue weighted by Gasteiger charge is 2.31. The monoisotopic (exact) mass is 373 g/mol. The van der Waals surface area contributed by atoms with Gasteiger partial charge >= 0.3 is 0 Å². The van der Waals surface area contributed by atoms with Crippen molar-refractivity contribution >= 4 is 12.4 Å². The van der Waals surface area contributed by atoms with Crippen LogP contribution in [-0.4, -0.2) is 29.2 Å². The zero-order valence-corrected chi connectivity index (χ0v) is 15.0. The molecule has 0 aliphatic carbocycles. The lowest BCUT2D eigenvalue weighted by atomic mass is 9.95. The second-order valence-corrected chi connectivity index (χ2v) is 6.56. The molecule has 0 unspecified atom stereocenters. The Morgan fingerprint density at radius 3 is 2.54 bits per heavy atom. The molecule has 6 heteroatoms. The Bertz CT molecular complexity index is 838. The second-order valence-electron chi connectivity index (χ2n) is 6.56. The first-order valence-corrected chi connectivity index (χ1v) is 8.43. The summed E-state index contributed by atoms with van der Waals surface area (Å²) in [6.07, 6.45) is 0. The fourth-order valence-corrected chi connectivity index (χ4v) is 3.46. The molecule has 0 saturated carbocycles. The third-order valence-electron chi connectivity index (χ3n) is 4.75. The molecule has 0 amide bonds. The zero-order chi connectivity index (χ0) is 17.2. The molecule has 1 aliphatic rings. The van der Waals surface area contributed by atoms with E-state index in [1.54, 1.807) is 12.1 Å². The van der Waals surface area contributed by atoms with Crippen LogP contribution in [0, 0.1) is 5.82 Å². The van der Waals surface area contributed by atoms with E-state index in [2.05, 4.69) is 34.3 Å². The summed E-state index contributed by atoms with van der Waals surface area (Å²) in [5.74, 6) is 0.867. The van der Waals surface area contributed by atoms with Gasteiger partial charge in [0.2, 0.25) is 0 Å². The minimum atomic E-state index is -0.259. The quantitative estimate of drug-likeness (QED) is 0.755. The summed E-state index contributed by atoms with van der Waals surface area (Å²) in [5, 5.41) is 4.10. The van der Waals surface area contributed by atoms with Gasteiger partial charge in [0.25, 0.3) is 0 Å². The first-order chi connectivity index (χ1) is 12.2. The molecule has 1 aromatic heterocycles. The maximum atomic E-state index is 13.0. The van der Waals surface area contributed by atoms with E-state index in [0.29, 0.717) is 12.5 Å². The molecule has 2 N–H and O–H groups in total. The molecule has 2 aromatic carbocycles. The van der Waals surface area contributed by atoms with Crippen molar-refractivity contribution in [3.05, 3.63) is 77.8 Å². The van der Waals surface area contributed by atoms with Crippen LogP contribution in [0.25, 0.3) is 11.3 Å². The van der Waals surface area contributed by atoms with Crippen molar-refractivity contribution in [3.63, 3.8) is 0 Å². The normalized spacial score (nSPS) is 20.1. The van der Waals surface area contributed by atoms with Crippen LogP contribution in [0.15, 0.2) is 65.2 Å². The number of nitrogens with two attached hydrogens (primary N) is 1. The van der Waals surface area contributed by atoms with E-state index >= 15 is 0 Å². The summed E-state index contributed by atoms with van der Waals surface area (Å²) in [4.78, 5) is 2.29. The van der Waals surface area contributed by atoms with Crippen molar-refractivity contribution in [1.29, 1.82) is 0 Å². The molecule has 4 nitrogen and oxygen atoms in total. The van der Waals surface area contributed by atoms with Gasteiger partial charge in [0.15, 0.2) is 5.76 Å². The van der Waals surface area contributed by atoms with Gasteiger partial charge in [0.1, 0.15) is 11.5 Å². The number of aromatic nitrogens is 1. The van der Waals surface area contributed by atoms with Crippen molar-refractivity contribution in [1.82, 2.24) is 10.1 Å². The summed E-state index contributed by atoms with van der Waals surface area (Å²) >= 11 is 0. The largest absolute Gasteiger partial charge is 0.359 e. The van der Waals surface area contributed by atoms with Gasteiger partial charge in [-0.2, -0.15) is 0 Å².